The van der Waals surface area contributed by atoms with Crippen LogP contribution in [0.3, 0.4) is 0 Å². The molecule has 1 aromatic heterocycles. The highest BCUT2D eigenvalue weighted by Crippen LogP contribution is 2.30. The summed E-state index contributed by atoms with van der Waals surface area (Å²) in [4.78, 5) is 25.6. The number of pyridine rings is 1. The van der Waals surface area contributed by atoms with E-state index in [9.17, 15) is 4.79 Å². The first-order valence-electron chi connectivity index (χ1n) is 14.1. The van der Waals surface area contributed by atoms with Gasteiger partial charge >= 0.3 is 0 Å². The number of likely N-dealkylation sites (N-methyl/N-ethyl adjacent to an activating group) is 2. The Morgan fingerprint density at radius 3 is 2.49 bits per heavy atom. The Kier molecular flexibility index (Phi) is 7.00. The molecule has 0 amide bonds. The van der Waals surface area contributed by atoms with Gasteiger partial charge in [-0.3, -0.25) is 9.36 Å². The van der Waals surface area contributed by atoms with Crippen molar-refractivity contribution in [1.82, 2.24) is 9.47 Å². The van der Waals surface area contributed by atoms with Crippen LogP contribution in [0.25, 0.3) is 6.08 Å². The number of hydrogen-bond acceptors (Lipinski definition) is 6. The largest absolute Gasteiger partial charge is 0.372 e. The lowest BCUT2D eigenvalue weighted by Crippen LogP contribution is -2.49. The lowest BCUT2D eigenvalue weighted by atomic mass is 9.98. The molecule has 3 aliphatic heterocycles. The predicted molar refractivity (Wildman–Crippen MR) is 160 cm³/mol. The summed E-state index contributed by atoms with van der Waals surface area (Å²) in [6.07, 6.45) is 4.73. The Morgan fingerprint density at radius 1 is 0.949 bits per heavy atom. The quantitative estimate of drug-likeness (QED) is 0.557. The Balaban J connectivity index is 1.35. The van der Waals surface area contributed by atoms with Crippen LogP contribution in [-0.4, -0.2) is 56.3 Å². The highest BCUT2D eigenvalue weighted by molar-refractivity contribution is 5.58. The van der Waals surface area contributed by atoms with Crippen LogP contribution < -0.4 is 31.4 Å². The Labute approximate surface area is 230 Å². The Morgan fingerprint density at radius 2 is 1.72 bits per heavy atom. The van der Waals surface area contributed by atoms with Crippen molar-refractivity contribution >= 4 is 23.1 Å². The van der Waals surface area contributed by atoms with Gasteiger partial charge in [-0.25, -0.2) is 4.99 Å². The van der Waals surface area contributed by atoms with Gasteiger partial charge in [-0.05, 0) is 73.8 Å². The summed E-state index contributed by atoms with van der Waals surface area (Å²) in [5.74, 6) is 0.851. The fourth-order valence-electron chi connectivity index (χ4n) is 6.05. The summed E-state index contributed by atoms with van der Waals surface area (Å²) in [7, 11) is 4.29. The highest BCUT2D eigenvalue weighted by atomic mass is 16.1. The molecule has 1 fully saturated rings. The molecular weight excluding hydrogens is 484 g/mol. The molecule has 202 valence electrons. The van der Waals surface area contributed by atoms with Crippen molar-refractivity contribution in [2.75, 3.05) is 61.9 Å². The number of allylic oxidation sites excluding steroid dienone is 1. The first-order chi connectivity index (χ1) is 19.0. The zero-order valence-electron chi connectivity index (χ0n) is 23.2. The molecular formula is C32H38N6O. The van der Waals surface area contributed by atoms with Gasteiger partial charge in [-0.1, -0.05) is 31.2 Å². The smallest absolute Gasteiger partial charge is 0.252 e. The van der Waals surface area contributed by atoms with Crippen molar-refractivity contribution in [3.63, 3.8) is 0 Å². The zero-order chi connectivity index (χ0) is 26.9. The third-order valence-corrected chi connectivity index (χ3v) is 8.38. The normalized spacial score (nSPS) is 19.5. The van der Waals surface area contributed by atoms with Gasteiger partial charge in [0, 0.05) is 68.1 Å². The average Bonchev–Trinajstić information content (AvgIpc) is 3.12. The molecule has 39 heavy (non-hydrogen) atoms. The lowest BCUT2D eigenvalue weighted by Gasteiger charge is -2.34. The second-order valence-corrected chi connectivity index (χ2v) is 11.0. The van der Waals surface area contributed by atoms with Gasteiger partial charge in [0.1, 0.15) is 11.3 Å². The fraction of sp³-hybridized carbons (Fsp3) is 0.375. The van der Waals surface area contributed by atoms with Crippen molar-refractivity contribution in [1.29, 1.82) is 0 Å². The third kappa shape index (κ3) is 5.11. The number of aromatic nitrogens is 1. The van der Waals surface area contributed by atoms with Gasteiger partial charge in [0.2, 0.25) is 0 Å². The van der Waals surface area contributed by atoms with Crippen LogP contribution in [0.1, 0.15) is 31.4 Å². The minimum absolute atomic E-state index is 0.000455. The monoisotopic (exact) mass is 522 g/mol. The molecule has 1 N–H and O–H groups in total. The summed E-state index contributed by atoms with van der Waals surface area (Å²) in [6, 6.07) is 20.8. The number of anilines is 3. The summed E-state index contributed by atoms with van der Waals surface area (Å²) in [5.41, 5.74) is 6.76. The SMILES string of the molecule is CCC1=C(Nc2ccc(N3CCN(C)CC3)cc2)N=c2c(ccc(=O)n2C2Cc3ccccc3N(C)C2)=CC1. The third-order valence-electron chi connectivity index (χ3n) is 8.38. The Hall–Kier alpha value is -3.84. The summed E-state index contributed by atoms with van der Waals surface area (Å²) >= 11 is 0. The standard InChI is InChI=1S/C32H38N6O/c1-4-23-9-10-24-11-16-30(39)38(28-21-25-7-5-6-8-29(25)36(3)22-28)32(24)34-31(23)33-26-12-14-27(15-13-26)37-19-17-35(2)18-20-37/h5-8,10-16,28,33H,4,9,17-22H2,1-3H3. The van der Waals surface area contributed by atoms with E-state index in [1.807, 2.05) is 10.6 Å². The molecule has 3 aromatic rings. The number of fused-ring (bicyclic) bond motifs is 2. The summed E-state index contributed by atoms with van der Waals surface area (Å²) in [5, 5.41) is 4.63. The van der Waals surface area contributed by atoms with Crippen molar-refractivity contribution in [3.05, 3.63) is 98.7 Å². The van der Waals surface area contributed by atoms with Crippen molar-refractivity contribution in [2.45, 2.75) is 32.2 Å². The van der Waals surface area contributed by atoms with Crippen LogP contribution in [0.15, 0.2) is 81.8 Å². The number of nitrogens with zero attached hydrogens (tertiary/aromatic N) is 5. The number of para-hydroxylation sites is 1. The van der Waals surface area contributed by atoms with Crippen LogP contribution >= 0.6 is 0 Å². The molecule has 4 heterocycles. The Bertz CT molecular complexity index is 1560. The van der Waals surface area contributed by atoms with Gasteiger partial charge in [0.15, 0.2) is 0 Å². The molecule has 1 saturated heterocycles. The van der Waals surface area contributed by atoms with Crippen LogP contribution in [0.2, 0.25) is 0 Å². The maximum absolute atomic E-state index is 13.4. The van der Waals surface area contributed by atoms with Gasteiger partial charge in [0.05, 0.1) is 6.04 Å². The van der Waals surface area contributed by atoms with Gasteiger partial charge in [0.25, 0.3) is 5.56 Å². The molecule has 0 saturated carbocycles. The van der Waals surface area contributed by atoms with E-state index in [-0.39, 0.29) is 11.6 Å². The van der Waals surface area contributed by atoms with Crippen molar-refractivity contribution in [2.24, 2.45) is 4.99 Å². The number of nitrogens with one attached hydrogen (secondary N) is 1. The van der Waals surface area contributed by atoms with E-state index in [1.165, 1.54) is 22.5 Å². The molecule has 1 atom stereocenters. The maximum atomic E-state index is 13.4. The zero-order valence-corrected chi connectivity index (χ0v) is 23.2. The van der Waals surface area contributed by atoms with Crippen molar-refractivity contribution < 1.29 is 0 Å². The van der Waals surface area contributed by atoms with Crippen LogP contribution in [-0.2, 0) is 6.42 Å². The molecule has 2 aromatic carbocycles. The topological polar surface area (TPSA) is 56.1 Å². The van der Waals surface area contributed by atoms with E-state index in [0.717, 1.165) is 74.2 Å². The molecule has 3 aliphatic rings. The van der Waals surface area contributed by atoms with Gasteiger partial charge in [-0.2, -0.15) is 0 Å². The van der Waals surface area contributed by atoms with Gasteiger partial charge < -0.3 is 20.0 Å². The predicted octanol–water partition coefficient (Wildman–Crippen LogP) is 3.37. The van der Waals surface area contributed by atoms with E-state index in [2.05, 4.69) is 95.6 Å². The molecule has 7 nitrogen and oxygen atoms in total. The number of piperazine rings is 1. The molecule has 0 aliphatic carbocycles. The average molecular weight is 523 g/mol. The number of benzene rings is 2. The molecule has 1 unspecified atom stereocenters. The second kappa shape index (κ2) is 10.7. The number of rotatable bonds is 5. The van der Waals surface area contributed by atoms with Crippen LogP contribution in [0.5, 0.6) is 0 Å². The van der Waals surface area contributed by atoms with Gasteiger partial charge in [-0.15, -0.1) is 0 Å². The lowest BCUT2D eigenvalue weighted by molar-refractivity contribution is 0.313. The van der Waals surface area contributed by atoms with E-state index in [1.54, 1.807) is 6.07 Å². The highest BCUT2D eigenvalue weighted by Gasteiger charge is 2.25. The minimum atomic E-state index is -0.000455. The summed E-state index contributed by atoms with van der Waals surface area (Å²) in [6.45, 7) is 7.22. The molecule has 7 heteroatoms. The molecule has 0 bridgehead atoms. The summed E-state index contributed by atoms with van der Waals surface area (Å²) < 4.78 is 1.93. The van der Waals surface area contributed by atoms with Crippen LogP contribution in [0.4, 0.5) is 17.1 Å². The maximum Gasteiger partial charge on any atom is 0.252 e. The first kappa shape index (κ1) is 25.4. The van der Waals surface area contributed by atoms with E-state index < -0.39 is 0 Å². The fourth-order valence-corrected chi connectivity index (χ4v) is 6.05. The van der Waals surface area contributed by atoms with E-state index >= 15 is 0 Å². The molecule has 6 rings (SSSR count). The molecule has 0 spiro atoms. The first-order valence-corrected chi connectivity index (χ1v) is 14.1. The van der Waals surface area contributed by atoms with E-state index in [0.29, 0.717) is 0 Å². The second-order valence-electron chi connectivity index (χ2n) is 11.0. The minimum Gasteiger partial charge on any atom is -0.372 e. The number of hydrogen-bond donors (Lipinski definition) is 1. The van der Waals surface area contributed by atoms with E-state index in [4.69, 9.17) is 4.99 Å². The van der Waals surface area contributed by atoms with Crippen molar-refractivity contribution in [3.8, 4) is 0 Å². The van der Waals surface area contributed by atoms with Crippen LogP contribution in [0, 0.1) is 0 Å². The molecule has 0 radical (unpaired) electrons.